The quantitative estimate of drug-likeness (QED) is 0.614. The molecule has 2 aromatic heterocycles. The number of aryl methyl sites for hydroxylation is 2. The number of hydrogen-bond acceptors (Lipinski definition) is 7. The third-order valence-corrected chi connectivity index (χ3v) is 4.76. The van der Waals surface area contributed by atoms with Gasteiger partial charge in [-0.05, 0) is 13.3 Å². The summed E-state index contributed by atoms with van der Waals surface area (Å²) in [6.07, 6.45) is -0.366. The summed E-state index contributed by atoms with van der Waals surface area (Å²) < 4.78 is 3.05. The summed E-state index contributed by atoms with van der Waals surface area (Å²) in [6.45, 7) is 4.22. The maximum Gasteiger partial charge on any atom is 0.329 e. The fourth-order valence-electron chi connectivity index (χ4n) is 3.29. The number of hydrogen-bond donors (Lipinski definition) is 1. The van der Waals surface area contributed by atoms with E-state index in [1.54, 1.807) is 16.5 Å². The van der Waals surface area contributed by atoms with Crippen molar-refractivity contribution in [3.8, 4) is 0 Å². The van der Waals surface area contributed by atoms with Crippen LogP contribution in [0.25, 0.3) is 11.2 Å². The van der Waals surface area contributed by atoms with Gasteiger partial charge in [-0.2, -0.15) is 4.98 Å². The van der Waals surface area contributed by atoms with E-state index in [9.17, 15) is 24.3 Å². The molecule has 3 heterocycles. The van der Waals surface area contributed by atoms with Gasteiger partial charge in [0, 0.05) is 52.2 Å². The van der Waals surface area contributed by atoms with Crippen LogP contribution in [0.3, 0.4) is 0 Å². The van der Waals surface area contributed by atoms with Gasteiger partial charge in [-0.15, -0.1) is 0 Å². The van der Waals surface area contributed by atoms with Gasteiger partial charge in [-0.25, -0.2) is 4.79 Å². The molecule has 11 heteroatoms. The van der Waals surface area contributed by atoms with Crippen molar-refractivity contribution in [1.82, 2.24) is 24.0 Å². The highest BCUT2D eigenvalue weighted by Crippen LogP contribution is 2.20. The van der Waals surface area contributed by atoms with E-state index in [2.05, 4.69) is 9.97 Å². The lowest BCUT2D eigenvalue weighted by Gasteiger charge is -2.35. The lowest BCUT2D eigenvalue weighted by molar-refractivity contribution is -0.305. The monoisotopic (exact) mass is 377 g/mol. The smallest absolute Gasteiger partial charge is 0.329 e. The third kappa shape index (κ3) is 3.44. The number of aromatic nitrogens is 4. The molecule has 146 valence electrons. The molecule has 3 rings (SSSR count). The van der Waals surface area contributed by atoms with Gasteiger partial charge in [0.2, 0.25) is 11.9 Å². The predicted octanol–water partition coefficient (Wildman–Crippen LogP) is -2.38. The molecule has 1 amide bonds. The molecular formula is C16H21N6O5-. The van der Waals surface area contributed by atoms with Crippen molar-refractivity contribution < 1.29 is 14.7 Å². The topological polar surface area (TPSA) is 136 Å². The first-order chi connectivity index (χ1) is 12.8. The van der Waals surface area contributed by atoms with Crippen LogP contribution in [-0.2, 0) is 23.2 Å². The van der Waals surface area contributed by atoms with Crippen molar-refractivity contribution in [2.75, 3.05) is 31.1 Å². The highest BCUT2D eigenvalue weighted by atomic mass is 16.4. The summed E-state index contributed by atoms with van der Waals surface area (Å²) in [5, 5.41) is 10.5. The number of aliphatic carboxylic acids is 1. The zero-order valence-corrected chi connectivity index (χ0v) is 15.2. The number of carboxylic acids is 1. The van der Waals surface area contributed by atoms with Crippen molar-refractivity contribution in [2.45, 2.75) is 26.3 Å². The summed E-state index contributed by atoms with van der Waals surface area (Å²) in [4.78, 5) is 57.0. The molecule has 1 saturated heterocycles. The second-order valence-corrected chi connectivity index (χ2v) is 6.39. The Morgan fingerprint density at radius 1 is 1.15 bits per heavy atom. The van der Waals surface area contributed by atoms with Gasteiger partial charge in [0.1, 0.15) is 0 Å². The first kappa shape index (κ1) is 18.7. The number of amides is 1. The van der Waals surface area contributed by atoms with E-state index in [1.807, 2.05) is 11.8 Å². The van der Waals surface area contributed by atoms with Crippen LogP contribution in [0, 0.1) is 0 Å². The molecule has 2 aromatic rings. The normalized spacial score (nSPS) is 14.7. The fraction of sp³-hybridized carbons (Fsp3) is 0.562. The predicted molar refractivity (Wildman–Crippen MR) is 94.3 cm³/mol. The zero-order chi connectivity index (χ0) is 19.7. The highest BCUT2D eigenvalue weighted by molar-refractivity contribution is 5.80. The molecule has 0 aliphatic carbocycles. The molecule has 0 radical (unpaired) electrons. The van der Waals surface area contributed by atoms with Crippen molar-refractivity contribution in [2.24, 2.45) is 7.05 Å². The highest BCUT2D eigenvalue weighted by Gasteiger charge is 2.26. The van der Waals surface area contributed by atoms with Gasteiger partial charge >= 0.3 is 5.69 Å². The van der Waals surface area contributed by atoms with Gasteiger partial charge in [-0.1, -0.05) is 0 Å². The minimum atomic E-state index is -1.24. The maximum absolute atomic E-state index is 12.2. The van der Waals surface area contributed by atoms with Gasteiger partial charge in [0.25, 0.3) is 5.56 Å². The number of anilines is 1. The standard InChI is InChI=1S/C16H22N6O5/c1-3-22-12-13(19(2)16(27)18-14(12)26)17-15(22)21-8-6-20(7-9-21)10(23)4-5-11(24)25/h3-9H2,1-2H3,(H,24,25)(H,18,26,27)/p-1. The van der Waals surface area contributed by atoms with E-state index >= 15 is 0 Å². The van der Waals surface area contributed by atoms with E-state index in [0.29, 0.717) is 49.8 Å². The van der Waals surface area contributed by atoms with E-state index in [1.165, 1.54) is 4.57 Å². The minimum Gasteiger partial charge on any atom is -0.550 e. The first-order valence-electron chi connectivity index (χ1n) is 8.75. The van der Waals surface area contributed by atoms with Crippen LogP contribution in [-0.4, -0.2) is 62.1 Å². The number of piperazine rings is 1. The van der Waals surface area contributed by atoms with Crippen LogP contribution in [0.15, 0.2) is 9.59 Å². The number of H-pyrrole nitrogens is 1. The molecule has 0 aromatic carbocycles. The molecule has 0 saturated carbocycles. The number of carbonyl (C=O) groups is 2. The molecule has 1 fully saturated rings. The van der Waals surface area contributed by atoms with Crippen LogP contribution in [0.5, 0.6) is 0 Å². The number of aromatic amines is 1. The molecule has 0 spiro atoms. The van der Waals surface area contributed by atoms with Crippen molar-refractivity contribution in [3.63, 3.8) is 0 Å². The molecule has 1 aliphatic heterocycles. The molecule has 11 nitrogen and oxygen atoms in total. The Labute approximate surface area is 153 Å². The summed E-state index contributed by atoms with van der Waals surface area (Å²) >= 11 is 0. The van der Waals surface area contributed by atoms with Crippen LogP contribution < -0.4 is 21.3 Å². The third-order valence-electron chi connectivity index (χ3n) is 4.76. The summed E-state index contributed by atoms with van der Waals surface area (Å²) in [6, 6.07) is 0. The van der Waals surface area contributed by atoms with E-state index in [-0.39, 0.29) is 18.7 Å². The number of fused-ring (bicyclic) bond motifs is 1. The largest absolute Gasteiger partial charge is 0.550 e. The van der Waals surface area contributed by atoms with Crippen molar-refractivity contribution in [3.05, 3.63) is 20.8 Å². The Balaban J connectivity index is 1.83. The van der Waals surface area contributed by atoms with Crippen molar-refractivity contribution in [1.29, 1.82) is 0 Å². The summed E-state index contributed by atoms with van der Waals surface area (Å²) in [7, 11) is 1.55. The Hall–Kier alpha value is -3.11. The van der Waals surface area contributed by atoms with Crippen LogP contribution >= 0.6 is 0 Å². The zero-order valence-electron chi connectivity index (χ0n) is 15.2. The average molecular weight is 377 g/mol. The van der Waals surface area contributed by atoms with Gasteiger partial charge < -0.3 is 24.3 Å². The average Bonchev–Trinajstić information content (AvgIpc) is 3.04. The first-order valence-corrected chi connectivity index (χ1v) is 8.75. The Morgan fingerprint density at radius 3 is 2.41 bits per heavy atom. The summed E-state index contributed by atoms with van der Waals surface area (Å²) in [5.74, 6) is -0.891. The van der Waals surface area contributed by atoms with Crippen molar-refractivity contribution >= 4 is 29.0 Å². The molecular weight excluding hydrogens is 356 g/mol. The Bertz CT molecular complexity index is 995. The summed E-state index contributed by atoms with van der Waals surface area (Å²) in [5.41, 5.74) is -0.358. The van der Waals surface area contributed by atoms with Crippen LogP contribution in [0.2, 0.25) is 0 Å². The van der Waals surface area contributed by atoms with E-state index in [4.69, 9.17) is 0 Å². The maximum atomic E-state index is 12.2. The molecule has 0 atom stereocenters. The Morgan fingerprint density at radius 2 is 1.81 bits per heavy atom. The van der Waals surface area contributed by atoms with Crippen LogP contribution in [0.1, 0.15) is 19.8 Å². The van der Waals surface area contributed by atoms with Gasteiger partial charge in [0.15, 0.2) is 11.2 Å². The number of carbonyl (C=O) groups excluding carboxylic acids is 2. The number of rotatable bonds is 5. The number of nitrogens with zero attached hydrogens (tertiary/aromatic N) is 5. The van der Waals surface area contributed by atoms with E-state index < -0.39 is 17.2 Å². The van der Waals surface area contributed by atoms with E-state index in [0.717, 1.165) is 0 Å². The lowest BCUT2D eigenvalue weighted by atomic mass is 10.2. The Kier molecular flexibility index (Phi) is 5.02. The number of carboxylic acid groups (broad SMARTS) is 1. The lowest BCUT2D eigenvalue weighted by Crippen LogP contribution is -2.49. The molecule has 27 heavy (non-hydrogen) atoms. The molecule has 1 N–H and O–H groups in total. The molecule has 0 unspecified atom stereocenters. The minimum absolute atomic E-state index is 0.0761. The second-order valence-electron chi connectivity index (χ2n) is 6.39. The molecule has 0 bridgehead atoms. The second kappa shape index (κ2) is 7.25. The van der Waals surface area contributed by atoms with Gasteiger partial charge in [0.05, 0.1) is 0 Å². The van der Waals surface area contributed by atoms with Gasteiger partial charge in [-0.3, -0.25) is 19.1 Å². The fourth-order valence-corrected chi connectivity index (χ4v) is 3.29. The number of imidazole rings is 1. The SMILES string of the molecule is CCn1c(N2CCN(C(=O)CCC(=O)[O-])CC2)nc2c1c(=O)[nH]c(=O)n2C. The number of nitrogens with one attached hydrogen (secondary N) is 1. The van der Waals surface area contributed by atoms with Crippen LogP contribution in [0.4, 0.5) is 5.95 Å². The molecule has 1 aliphatic rings.